The lowest BCUT2D eigenvalue weighted by Crippen LogP contribution is -2.40. The van der Waals surface area contributed by atoms with Crippen LogP contribution in [0.3, 0.4) is 0 Å². The van der Waals surface area contributed by atoms with Gasteiger partial charge in [0.2, 0.25) is 10.0 Å². The third kappa shape index (κ3) is 4.44. The Labute approximate surface area is 126 Å². The maximum absolute atomic E-state index is 12.5. The van der Waals surface area contributed by atoms with E-state index >= 15 is 0 Å². The van der Waals surface area contributed by atoms with Crippen molar-refractivity contribution in [3.05, 3.63) is 23.8 Å². The van der Waals surface area contributed by atoms with Crippen molar-refractivity contribution in [3.63, 3.8) is 0 Å². The van der Waals surface area contributed by atoms with E-state index in [2.05, 4.69) is 4.72 Å². The lowest BCUT2D eigenvalue weighted by atomic mass is 10.1. The van der Waals surface area contributed by atoms with Crippen molar-refractivity contribution in [1.82, 2.24) is 9.62 Å². The molecule has 6 nitrogen and oxygen atoms in total. The number of ether oxygens (including phenoxy) is 1. The van der Waals surface area contributed by atoms with Gasteiger partial charge in [-0.3, -0.25) is 4.79 Å². The van der Waals surface area contributed by atoms with Crippen molar-refractivity contribution in [2.24, 2.45) is 0 Å². The van der Waals surface area contributed by atoms with Gasteiger partial charge in [0.1, 0.15) is 10.6 Å². The van der Waals surface area contributed by atoms with E-state index in [0.29, 0.717) is 0 Å². The summed E-state index contributed by atoms with van der Waals surface area (Å²) in [6.45, 7) is 5.23. The number of benzene rings is 1. The molecule has 1 N–H and O–H groups in total. The zero-order valence-electron chi connectivity index (χ0n) is 13.2. The minimum atomic E-state index is -3.79. The number of sulfonamides is 1. The second kappa shape index (κ2) is 6.03. The molecule has 0 aliphatic rings. The molecule has 0 spiro atoms. The number of methoxy groups -OCH3 is 1. The first-order chi connectivity index (χ1) is 9.48. The highest BCUT2D eigenvalue weighted by Crippen LogP contribution is 2.26. The van der Waals surface area contributed by atoms with Crippen LogP contribution < -0.4 is 9.46 Å². The molecule has 1 aromatic carbocycles. The molecule has 0 radical (unpaired) electrons. The van der Waals surface area contributed by atoms with Crippen LogP contribution in [0.2, 0.25) is 0 Å². The summed E-state index contributed by atoms with van der Waals surface area (Å²) in [4.78, 5) is 13.3. The first-order valence-electron chi connectivity index (χ1n) is 6.41. The van der Waals surface area contributed by atoms with E-state index < -0.39 is 15.6 Å². The molecule has 0 unspecified atom stereocenters. The van der Waals surface area contributed by atoms with Gasteiger partial charge < -0.3 is 9.64 Å². The molecular formula is C14H22N2O4S. The smallest absolute Gasteiger partial charge is 0.253 e. The average molecular weight is 314 g/mol. The van der Waals surface area contributed by atoms with Crippen molar-refractivity contribution >= 4 is 15.9 Å². The van der Waals surface area contributed by atoms with Crippen LogP contribution in [0.5, 0.6) is 5.75 Å². The van der Waals surface area contributed by atoms with Crippen LogP contribution in [-0.4, -0.2) is 46.0 Å². The van der Waals surface area contributed by atoms with E-state index in [1.807, 2.05) is 0 Å². The van der Waals surface area contributed by atoms with E-state index in [9.17, 15) is 13.2 Å². The molecule has 0 bridgehead atoms. The molecule has 118 valence electrons. The predicted octanol–water partition coefficient (Wildman–Crippen LogP) is 1.47. The standard InChI is InChI=1S/C14H22N2O4S/c1-14(2,3)15-21(18,19)12-9-10(13(17)16(4)5)7-8-11(12)20-6/h7-9,15H,1-6H3. The number of nitrogens with zero attached hydrogens (tertiary/aromatic N) is 1. The fourth-order valence-corrected chi connectivity index (χ4v) is 3.35. The number of hydrogen-bond donors (Lipinski definition) is 1. The summed E-state index contributed by atoms with van der Waals surface area (Å²) in [6, 6.07) is 4.35. The van der Waals surface area contributed by atoms with E-state index in [1.165, 1.54) is 30.2 Å². The van der Waals surface area contributed by atoms with Crippen molar-refractivity contribution < 1.29 is 17.9 Å². The second-order valence-corrected chi connectivity index (χ2v) is 7.57. The van der Waals surface area contributed by atoms with Crippen molar-refractivity contribution in [3.8, 4) is 5.75 Å². The number of nitrogens with one attached hydrogen (secondary N) is 1. The fraction of sp³-hybridized carbons (Fsp3) is 0.500. The minimum Gasteiger partial charge on any atom is -0.495 e. The molecule has 0 aliphatic carbocycles. The maximum Gasteiger partial charge on any atom is 0.253 e. The van der Waals surface area contributed by atoms with E-state index in [-0.39, 0.29) is 22.1 Å². The molecule has 0 aromatic heterocycles. The average Bonchev–Trinajstić information content (AvgIpc) is 2.34. The summed E-state index contributed by atoms with van der Waals surface area (Å²) in [5, 5.41) is 0. The lowest BCUT2D eigenvalue weighted by Gasteiger charge is -2.21. The number of rotatable bonds is 4. The highest BCUT2D eigenvalue weighted by molar-refractivity contribution is 7.89. The quantitative estimate of drug-likeness (QED) is 0.913. The first kappa shape index (κ1) is 17.5. The summed E-state index contributed by atoms with van der Waals surface area (Å²) in [7, 11) is 0.810. The van der Waals surface area contributed by atoms with Crippen molar-refractivity contribution in [1.29, 1.82) is 0 Å². The van der Waals surface area contributed by atoms with Crippen LogP contribution in [0.1, 0.15) is 31.1 Å². The van der Waals surface area contributed by atoms with E-state index in [4.69, 9.17) is 4.74 Å². The van der Waals surface area contributed by atoms with Gasteiger partial charge in [0.15, 0.2) is 0 Å². The van der Waals surface area contributed by atoms with Gasteiger partial charge in [-0.05, 0) is 39.0 Å². The molecule has 21 heavy (non-hydrogen) atoms. The molecule has 0 fully saturated rings. The van der Waals surface area contributed by atoms with Gasteiger partial charge >= 0.3 is 0 Å². The van der Waals surface area contributed by atoms with Crippen molar-refractivity contribution in [2.45, 2.75) is 31.2 Å². The number of hydrogen-bond acceptors (Lipinski definition) is 4. The Hall–Kier alpha value is -1.60. The van der Waals surface area contributed by atoms with Crippen LogP contribution in [0.15, 0.2) is 23.1 Å². The van der Waals surface area contributed by atoms with Gasteiger partial charge in [-0.2, -0.15) is 0 Å². The predicted molar refractivity (Wildman–Crippen MR) is 81.1 cm³/mol. The first-order valence-corrected chi connectivity index (χ1v) is 7.90. The molecule has 1 amide bonds. The number of carbonyl (C=O) groups is 1. The molecule has 7 heteroatoms. The van der Waals surface area contributed by atoms with Crippen molar-refractivity contribution in [2.75, 3.05) is 21.2 Å². The lowest BCUT2D eigenvalue weighted by molar-refractivity contribution is 0.0827. The van der Waals surface area contributed by atoms with Gasteiger partial charge in [0, 0.05) is 25.2 Å². The Morgan fingerprint density at radius 2 is 1.81 bits per heavy atom. The Morgan fingerprint density at radius 1 is 1.24 bits per heavy atom. The topological polar surface area (TPSA) is 75.7 Å². The third-order valence-corrected chi connectivity index (χ3v) is 4.33. The molecule has 0 heterocycles. The van der Waals surface area contributed by atoms with Gasteiger partial charge in [0.25, 0.3) is 5.91 Å². The summed E-state index contributed by atoms with van der Waals surface area (Å²) < 4.78 is 32.6. The fourth-order valence-electron chi connectivity index (χ4n) is 1.74. The number of amides is 1. The third-order valence-electron chi connectivity index (χ3n) is 2.55. The Kier molecular flexibility index (Phi) is 5.01. The number of carbonyl (C=O) groups excluding carboxylic acids is 1. The van der Waals surface area contributed by atoms with Crippen LogP contribution >= 0.6 is 0 Å². The summed E-state index contributed by atoms with van der Waals surface area (Å²) in [5.41, 5.74) is -0.346. The summed E-state index contributed by atoms with van der Waals surface area (Å²) in [6.07, 6.45) is 0. The van der Waals surface area contributed by atoms with Crippen LogP contribution in [0, 0.1) is 0 Å². The van der Waals surface area contributed by atoms with Crippen LogP contribution in [0.25, 0.3) is 0 Å². The van der Waals surface area contributed by atoms with E-state index in [0.717, 1.165) is 0 Å². The Bertz CT molecular complexity index is 631. The Balaban J connectivity index is 3.39. The van der Waals surface area contributed by atoms with Gasteiger partial charge in [-0.15, -0.1) is 0 Å². The minimum absolute atomic E-state index is 0.0485. The normalized spacial score (nSPS) is 12.1. The molecule has 1 aromatic rings. The monoisotopic (exact) mass is 314 g/mol. The molecule has 0 aliphatic heterocycles. The molecule has 1 rings (SSSR count). The van der Waals surface area contributed by atoms with Gasteiger partial charge in [-0.25, -0.2) is 13.1 Å². The largest absolute Gasteiger partial charge is 0.495 e. The SMILES string of the molecule is COc1ccc(C(=O)N(C)C)cc1S(=O)(=O)NC(C)(C)C. The summed E-state index contributed by atoms with van der Waals surface area (Å²) >= 11 is 0. The van der Waals surface area contributed by atoms with Gasteiger partial charge in [0.05, 0.1) is 7.11 Å². The highest BCUT2D eigenvalue weighted by Gasteiger charge is 2.26. The Morgan fingerprint density at radius 3 is 2.24 bits per heavy atom. The second-order valence-electron chi connectivity index (χ2n) is 5.92. The van der Waals surface area contributed by atoms with E-state index in [1.54, 1.807) is 34.9 Å². The van der Waals surface area contributed by atoms with Crippen LogP contribution in [0.4, 0.5) is 0 Å². The maximum atomic E-state index is 12.5. The van der Waals surface area contributed by atoms with Gasteiger partial charge in [-0.1, -0.05) is 0 Å². The molecule has 0 saturated heterocycles. The molecule has 0 atom stereocenters. The molecular weight excluding hydrogens is 292 g/mol. The zero-order valence-corrected chi connectivity index (χ0v) is 14.0. The van der Waals surface area contributed by atoms with Crippen LogP contribution in [-0.2, 0) is 10.0 Å². The molecule has 0 saturated carbocycles. The zero-order chi connectivity index (χ0) is 16.4. The highest BCUT2D eigenvalue weighted by atomic mass is 32.2. The summed E-state index contributed by atoms with van der Waals surface area (Å²) in [5.74, 6) is -0.0769.